The van der Waals surface area contributed by atoms with Gasteiger partial charge in [-0.2, -0.15) is 0 Å². The van der Waals surface area contributed by atoms with E-state index in [2.05, 4.69) is 54.6 Å². The molecule has 174 valence electrons. The maximum Gasteiger partial charge on any atom is 0.337 e. The molecule has 3 rings (SSSR count). The molecule has 0 saturated heterocycles. The van der Waals surface area contributed by atoms with E-state index in [4.69, 9.17) is 4.74 Å². The molecule has 0 radical (unpaired) electrons. The number of nitrogens with one attached hydrogen (secondary N) is 5. The number of nitrogens with zero attached hydrogens (tertiary/aromatic N) is 1. The van der Waals surface area contributed by atoms with Gasteiger partial charge >= 0.3 is 12.1 Å². The van der Waals surface area contributed by atoms with Crippen molar-refractivity contribution in [3.8, 4) is 5.75 Å². The molecule has 1 unspecified atom stereocenters. The van der Waals surface area contributed by atoms with E-state index in [0.717, 1.165) is 39.7 Å². The van der Waals surface area contributed by atoms with Crippen molar-refractivity contribution in [2.24, 2.45) is 0 Å². The first kappa shape index (κ1) is 24.1. The summed E-state index contributed by atoms with van der Waals surface area (Å²) in [6, 6.07) is 14.0. The van der Waals surface area contributed by atoms with E-state index < -0.39 is 12.1 Å². The molecule has 0 fully saturated rings. The molecule has 4 amide bonds. The van der Waals surface area contributed by atoms with Crippen LogP contribution in [0.1, 0.15) is 19.8 Å². The van der Waals surface area contributed by atoms with Gasteiger partial charge in [0.15, 0.2) is 0 Å². The van der Waals surface area contributed by atoms with Crippen LogP contribution in [-0.2, 0) is 0 Å². The van der Waals surface area contributed by atoms with Gasteiger partial charge in [0.05, 0.1) is 18.3 Å². The maximum absolute atomic E-state index is 11.9. The second-order valence-corrected chi connectivity index (χ2v) is 8.32. The number of hydrazine groups is 1. The molecule has 33 heavy (non-hydrogen) atoms. The second kappa shape index (κ2) is 11.9. The predicted molar refractivity (Wildman–Crippen MR) is 133 cm³/mol. The molecule has 0 aliphatic heterocycles. The van der Waals surface area contributed by atoms with Crippen LogP contribution in [0.4, 0.5) is 21.0 Å². The standard InChI is InChI=1S/C23H27BrN6O3/c1-15(27-20-14-19(33-2)13-16-6-4-11-25-21(16)20)5-3-12-26-22(31)29-30-23(32)28-18-9-7-17(24)8-10-18/h4,6-11,13-15,27H,3,5,12H2,1-2H3,(H2,26,29,31)(H2,28,30,32). The van der Waals surface area contributed by atoms with Gasteiger partial charge in [-0.15, -0.1) is 0 Å². The van der Waals surface area contributed by atoms with Crippen molar-refractivity contribution in [1.82, 2.24) is 21.2 Å². The summed E-state index contributed by atoms with van der Waals surface area (Å²) >= 11 is 3.33. The van der Waals surface area contributed by atoms with Crippen LogP contribution < -0.4 is 31.5 Å². The van der Waals surface area contributed by atoms with Crippen molar-refractivity contribution in [3.05, 3.63) is 59.2 Å². The SMILES string of the molecule is COc1cc(NC(C)CCCNC(=O)NNC(=O)Nc2ccc(Br)cc2)c2ncccc2c1. The molecule has 3 aromatic rings. The number of anilines is 2. The first-order valence-electron chi connectivity index (χ1n) is 10.5. The van der Waals surface area contributed by atoms with Crippen LogP contribution in [0.2, 0.25) is 0 Å². The summed E-state index contributed by atoms with van der Waals surface area (Å²) in [5.74, 6) is 0.764. The van der Waals surface area contributed by atoms with Crippen LogP contribution in [0.5, 0.6) is 5.75 Å². The van der Waals surface area contributed by atoms with Crippen LogP contribution in [0.3, 0.4) is 0 Å². The molecule has 1 heterocycles. The van der Waals surface area contributed by atoms with Crippen molar-refractivity contribution in [3.63, 3.8) is 0 Å². The highest BCUT2D eigenvalue weighted by molar-refractivity contribution is 9.10. The molecule has 0 spiro atoms. The number of carbonyl (C=O) groups excluding carboxylic acids is 2. The van der Waals surface area contributed by atoms with Gasteiger partial charge in [0.25, 0.3) is 0 Å². The number of hydrogen-bond acceptors (Lipinski definition) is 5. The second-order valence-electron chi connectivity index (χ2n) is 7.40. The summed E-state index contributed by atoms with van der Waals surface area (Å²) in [6.45, 7) is 2.54. The zero-order valence-electron chi connectivity index (χ0n) is 18.4. The minimum Gasteiger partial charge on any atom is -0.497 e. The fraction of sp³-hybridized carbons (Fsp3) is 0.261. The third-order valence-electron chi connectivity index (χ3n) is 4.81. The van der Waals surface area contributed by atoms with Gasteiger partial charge in [-0.3, -0.25) is 4.98 Å². The first-order chi connectivity index (χ1) is 15.9. The topological polar surface area (TPSA) is 116 Å². The Kier molecular flexibility index (Phi) is 8.71. The van der Waals surface area contributed by atoms with Crippen molar-refractivity contribution < 1.29 is 14.3 Å². The number of hydrogen-bond donors (Lipinski definition) is 5. The molecular formula is C23H27BrN6O3. The van der Waals surface area contributed by atoms with Crippen LogP contribution >= 0.6 is 15.9 Å². The smallest absolute Gasteiger partial charge is 0.337 e. The number of urea groups is 2. The number of aromatic nitrogens is 1. The lowest BCUT2D eigenvalue weighted by molar-refractivity contribution is 0.229. The number of ether oxygens (including phenoxy) is 1. The van der Waals surface area contributed by atoms with Gasteiger partial charge in [0.1, 0.15) is 5.75 Å². The molecule has 0 saturated carbocycles. The normalized spacial score (nSPS) is 11.4. The number of fused-ring (bicyclic) bond motifs is 1. The Labute approximate surface area is 200 Å². The van der Waals surface area contributed by atoms with Crippen LogP contribution in [0, 0.1) is 0 Å². The highest BCUT2D eigenvalue weighted by atomic mass is 79.9. The Balaban J connectivity index is 1.36. The van der Waals surface area contributed by atoms with E-state index in [0.29, 0.717) is 12.2 Å². The van der Waals surface area contributed by atoms with Gasteiger partial charge in [-0.1, -0.05) is 22.0 Å². The zero-order chi connectivity index (χ0) is 23.6. The van der Waals surface area contributed by atoms with Gasteiger partial charge < -0.3 is 20.7 Å². The number of methoxy groups -OCH3 is 1. The van der Waals surface area contributed by atoms with Crippen LogP contribution in [0.15, 0.2) is 59.2 Å². The van der Waals surface area contributed by atoms with E-state index in [-0.39, 0.29) is 6.04 Å². The maximum atomic E-state index is 11.9. The first-order valence-corrected chi connectivity index (χ1v) is 11.3. The van der Waals surface area contributed by atoms with Crippen molar-refractivity contribution in [1.29, 1.82) is 0 Å². The van der Waals surface area contributed by atoms with E-state index in [9.17, 15) is 9.59 Å². The molecule has 9 nitrogen and oxygen atoms in total. The Morgan fingerprint density at radius 1 is 1.09 bits per heavy atom. The lowest BCUT2D eigenvalue weighted by atomic mass is 10.1. The number of amides is 4. The summed E-state index contributed by atoms with van der Waals surface area (Å²) in [5, 5.41) is 9.81. The lowest BCUT2D eigenvalue weighted by Gasteiger charge is -2.17. The van der Waals surface area contributed by atoms with Gasteiger partial charge in [0, 0.05) is 40.4 Å². The molecule has 0 aliphatic carbocycles. The Hall–Kier alpha value is -3.53. The van der Waals surface area contributed by atoms with Crippen molar-refractivity contribution >= 4 is 50.3 Å². The zero-order valence-corrected chi connectivity index (χ0v) is 20.0. The molecule has 10 heteroatoms. The predicted octanol–water partition coefficient (Wildman–Crippen LogP) is 4.62. The summed E-state index contributed by atoms with van der Waals surface area (Å²) < 4.78 is 6.30. The summed E-state index contributed by atoms with van der Waals surface area (Å²) in [6.07, 6.45) is 3.34. The van der Waals surface area contributed by atoms with Crippen molar-refractivity contribution in [2.45, 2.75) is 25.8 Å². The third-order valence-corrected chi connectivity index (χ3v) is 5.34. The molecule has 1 atom stereocenters. The molecular weight excluding hydrogens is 488 g/mol. The number of halogens is 1. The van der Waals surface area contributed by atoms with E-state index >= 15 is 0 Å². The highest BCUT2D eigenvalue weighted by Gasteiger charge is 2.10. The summed E-state index contributed by atoms with van der Waals surface area (Å²) in [5.41, 5.74) is 7.02. The van der Waals surface area contributed by atoms with Gasteiger partial charge in [0.2, 0.25) is 0 Å². The average molecular weight is 515 g/mol. The Morgan fingerprint density at radius 2 is 1.85 bits per heavy atom. The monoisotopic (exact) mass is 514 g/mol. The van der Waals surface area contributed by atoms with E-state index in [1.54, 1.807) is 37.6 Å². The van der Waals surface area contributed by atoms with Crippen LogP contribution in [0.25, 0.3) is 10.9 Å². The molecule has 1 aromatic heterocycles. The quantitative estimate of drug-likeness (QED) is 0.222. The van der Waals surface area contributed by atoms with E-state index in [1.165, 1.54) is 0 Å². The Bertz CT molecular complexity index is 1090. The molecule has 5 N–H and O–H groups in total. The lowest BCUT2D eigenvalue weighted by Crippen LogP contribution is -2.48. The number of benzene rings is 2. The number of pyridine rings is 1. The van der Waals surface area contributed by atoms with Crippen molar-refractivity contribution in [2.75, 3.05) is 24.3 Å². The summed E-state index contributed by atoms with van der Waals surface area (Å²) in [4.78, 5) is 28.2. The Morgan fingerprint density at radius 3 is 2.61 bits per heavy atom. The minimum atomic E-state index is -0.538. The fourth-order valence-corrected chi connectivity index (χ4v) is 3.46. The average Bonchev–Trinajstić information content (AvgIpc) is 2.82. The highest BCUT2D eigenvalue weighted by Crippen LogP contribution is 2.28. The van der Waals surface area contributed by atoms with Gasteiger partial charge in [-0.25, -0.2) is 20.4 Å². The number of carbonyl (C=O) groups is 2. The van der Waals surface area contributed by atoms with Crippen LogP contribution in [-0.4, -0.2) is 36.7 Å². The van der Waals surface area contributed by atoms with E-state index in [1.807, 2.05) is 24.3 Å². The molecule has 0 aliphatic rings. The molecule has 2 aromatic carbocycles. The molecule has 0 bridgehead atoms. The van der Waals surface area contributed by atoms with Gasteiger partial charge in [-0.05, 0) is 56.2 Å². The largest absolute Gasteiger partial charge is 0.497 e. The fourth-order valence-electron chi connectivity index (χ4n) is 3.19. The minimum absolute atomic E-state index is 0.155. The number of rotatable bonds is 8. The third kappa shape index (κ3) is 7.53. The summed E-state index contributed by atoms with van der Waals surface area (Å²) in [7, 11) is 1.64.